The number of rotatable bonds is 5. The fourth-order valence-corrected chi connectivity index (χ4v) is 3.75. The first-order valence-electron chi connectivity index (χ1n) is 8.49. The summed E-state index contributed by atoms with van der Waals surface area (Å²) < 4.78 is 7.18. The number of ether oxygens (including phenoxy) is 1. The Bertz CT molecular complexity index is 537. The molecule has 0 radical (unpaired) electrons. The second kappa shape index (κ2) is 6.92. The molecule has 122 valence electrons. The van der Waals surface area contributed by atoms with Crippen LogP contribution in [0.4, 0.5) is 0 Å². The highest BCUT2D eigenvalue weighted by Crippen LogP contribution is 2.29. The Labute approximate surface area is 133 Å². The molecule has 0 aromatic carbocycles. The van der Waals surface area contributed by atoms with Crippen LogP contribution in [0.25, 0.3) is 0 Å². The third kappa shape index (κ3) is 3.41. The van der Waals surface area contributed by atoms with Crippen LogP contribution in [0.5, 0.6) is 0 Å². The largest absolute Gasteiger partial charge is 0.377 e. The van der Waals surface area contributed by atoms with Crippen LogP contribution in [0.2, 0.25) is 0 Å². The van der Waals surface area contributed by atoms with E-state index in [-0.39, 0.29) is 0 Å². The van der Waals surface area contributed by atoms with Gasteiger partial charge in [0.1, 0.15) is 12.4 Å². The summed E-state index contributed by atoms with van der Waals surface area (Å²) in [6.07, 6.45) is 7.14. The average Bonchev–Trinajstić information content (AvgIpc) is 2.88. The predicted molar refractivity (Wildman–Crippen MR) is 86.5 cm³/mol. The first kappa shape index (κ1) is 15.7. The maximum Gasteiger partial charge on any atom is 0.176 e. The van der Waals surface area contributed by atoms with Crippen molar-refractivity contribution in [2.75, 3.05) is 13.7 Å². The third-order valence-electron chi connectivity index (χ3n) is 5.16. The van der Waals surface area contributed by atoms with Crippen LogP contribution in [0.3, 0.4) is 0 Å². The quantitative estimate of drug-likeness (QED) is 0.848. The number of nitrogens with one attached hydrogen (secondary N) is 1. The Morgan fingerprint density at radius 1 is 1.41 bits per heavy atom. The molecule has 3 atom stereocenters. The summed E-state index contributed by atoms with van der Waals surface area (Å²) in [6, 6.07) is 0.506. The van der Waals surface area contributed by atoms with Crippen LogP contribution < -0.4 is 5.32 Å². The Hall–Kier alpha value is -1.20. The minimum atomic E-state index is 0.502. The first-order chi connectivity index (χ1) is 10.7. The van der Waals surface area contributed by atoms with E-state index in [0.29, 0.717) is 18.6 Å². The average molecular weight is 304 g/mol. The van der Waals surface area contributed by atoms with Gasteiger partial charge >= 0.3 is 0 Å². The lowest BCUT2D eigenvalue weighted by Crippen LogP contribution is -2.41. The summed E-state index contributed by atoms with van der Waals surface area (Å²) in [5.41, 5.74) is 1.56. The summed E-state index contributed by atoms with van der Waals surface area (Å²) in [4.78, 5) is 4.54. The van der Waals surface area contributed by atoms with Gasteiger partial charge in [0.05, 0.1) is 6.54 Å². The number of aromatic nitrogens is 3. The molecule has 0 spiro atoms. The van der Waals surface area contributed by atoms with Gasteiger partial charge in [-0.3, -0.25) is 0 Å². The van der Waals surface area contributed by atoms with E-state index in [2.05, 4.69) is 40.0 Å². The molecule has 1 aliphatic carbocycles. The molecule has 5 nitrogen and oxygen atoms in total. The van der Waals surface area contributed by atoms with Gasteiger partial charge in [0, 0.05) is 26.1 Å². The zero-order valence-electron chi connectivity index (χ0n) is 14.0. The Balaban J connectivity index is 1.56. The van der Waals surface area contributed by atoms with Gasteiger partial charge in [-0.2, -0.15) is 5.10 Å². The summed E-state index contributed by atoms with van der Waals surface area (Å²) in [7, 11) is 1.69. The van der Waals surface area contributed by atoms with Crippen molar-refractivity contribution in [1.82, 2.24) is 20.1 Å². The second-order valence-electron chi connectivity index (χ2n) is 6.81. The molecule has 22 heavy (non-hydrogen) atoms. The molecule has 0 fully saturated rings. The maximum atomic E-state index is 5.12. The smallest absolute Gasteiger partial charge is 0.176 e. The molecule has 1 aliphatic heterocycles. The maximum absolute atomic E-state index is 5.12. The van der Waals surface area contributed by atoms with Gasteiger partial charge in [-0.05, 0) is 38.0 Å². The van der Waals surface area contributed by atoms with E-state index >= 15 is 0 Å². The Morgan fingerprint density at radius 3 is 3.05 bits per heavy atom. The van der Waals surface area contributed by atoms with Crippen LogP contribution in [-0.4, -0.2) is 34.5 Å². The normalized spacial score (nSPS) is 28.3. The van der Waals surface area contributed by atoms with Gasteiger partial charge in [-0.15, -0.1) is 0 Å². The van der Waals surface area contributed by atoms with Gasteiger partial charge < -0.3 is 10.1 Å². The van der Waals surface area contributed by atoms with Crippen molar-refractivity contribution in [2.24, 2.45) is 11.8 Å². The van der Waals surface area contributed by atoms with Gasteiger partial charge in [0.15, 0.2) is 5.82 Å². The molecule has 2 heterocycles. The number of methoxy groups -OCH3 is 1. The summed E-state index contributed by atoms with van der Waals surface area (Å²) in [5, 5.41) is 8.32. The molecule has 2 aliphatic rings. The minimum absolute atomic E-state index is 0.502. The van der Waals surface area contributed by atoms with E-state index in [1.165, 1.54) is 12.8 Å². The van der Waals surface area contributed by atoms with Gasteiger partial charge in [0.25, 0.3) is 0 Å². The topological polar surface area (TPSA) is 52.0 Å². The standard InChI is InChI=1S/C17H28N4O/c1-12-5-4-6-13(2)15(12)9-18-14-7-8-17-19-16(11-22-3)20-21(17)10-14/h5,13-15,18H,4,6-11H2,1-3H3/t13-,14-,15+/m1/s1. The highest BCUT2D eigenvalue weighted by Gasteiger charge is 2.25. The van der Waals surface area contributed by atoms with E-state index in [0.717, 1.165) is 43.5 Å². The molecule has 3 rings (SSSR count). The molecular formula is C17H28N4O. The number of fused-ring (bicyclic) bond motifs is 1. The number of hydrogen-bond donors (Lipinski definition) is 1. The van der Waals surface area contributed by atoms with Crippen LogP contribution in [0.1, 0.15) is 44.8 Å². The molecule has 5 heteroatoms. The number of hydrogen-bond acceptors (Lipinski definition) is 4. The summed E-state index contributed by atoms with van der Waals surface area (Å²) in [6.45, 7) is 7.19. The third-order valence-corrected chi connectivity index (χ3v) is 5.16. The molecular weight excluding hydrogens is 276 g/mol. The summed E-state index contributed by atoms with van der Waals surface area (Å²) >= 11 is 0. The second-order valence-corrected chi connectivity index (χ2v) is 6.81. The van der Waals surface area contributed by atoms with Crippen molar-refractivity contribution < 1.29 is 4.74 Å². The van der Waals surface area contributed by atoms with Gasteiger partial charge in [-0.25, -0.2) is 9.67 Å². The van der Waals surface area contributed by atoms with Gasteiger partial charge in [0.2, 0.25) is 0 Å². The van der Waals surface area contributed by atoms with Crippen LogP contribution in [0, 0.1) is 11.8 Å². The van der Waals surface area contributed by atoms with Crippen molar-refractivity contribution in [1.29, 1.82) is 0 Å². The number of aryl methyl sites for hydroxylation is 1. The van der Waals surface area contributed by atoms with Crippen LogP contribution in [-0.2, 0) is 24.3 Å². The monoisotopic (exact) mass is 304 g/mol. The highest BCUT2D eigenvalue weighted by molar-refractivity contribution is 5.09. The SMILES string of the molecule is COCc1nc2n(n1)C[C@H](NC[C@H]1C(C)=CCC[C@H]1C)CC2. The van der Waals surface area contributed by atoms with Crippen molar-refractivity contribution in [3.63, 3.8) is 0 Å². The Morgan fingerprint density at radius 2 is 2.27 bits per heavy atom. The van der Waals surface area contributed by atoms with Crippen LogP contribution >= 0.6 is 0 Å². The van der Waals surface area contributed by atoms with Gasteiger partial charge in [-0.1, -0.05) is 18.6 Å². The van der Waals surface area contributed by atoms with E-state index in [1.807, 2.05) is 0 Å². The fraction of sp³-hybridized carbons (Fsp3) is 0.765. The first-order valence-corrected chi connectivity index (χ1v) is 8.49. The molecule has 1 aromatic heterocycles. The zero-order valence-corrected chi connectivity index (χ0v) is 14.0. The highest BCUT2D eigenvalue weighted by atomic mass is 16.5. The Kier molecular flexibility index (Phi) is 4.93. The van der Waals surface area contributed by atoms with E-state index in [4.69, 9.17) is 4.74 Å². The fourth-order valence-electron chi connectivity index (χ4n) is 3.75. The molecule has 0 saturated carbocycles. The number of nitrogens with zero attached hydrogens (tertiary/aromatic N) is 3. The molecule has 0 amide bonds. The van der Waals surface area contributed by atoms with Crippen molar-refractivity contribution in [3.05, 3.63) is 23.3 Å². The zero-order chi connectivity index (χ0) is 15.5. The molecule has 1 N–H and O–H groups in total. The van der Waals surface area contributed by atoms with Crippen molar-refractivity contribution in [3.8, 4) is 0 Å². The lowest BCUT2D eigenvalue weighted by Gasteiger charge is -2.32. The lowest BCUT2D eigenvalue weighted by molar-refractivity contribution is 0.177. The predicted octanol–water partition coefficient (Wildman–Crippen LogP) is 2.32. The molecule has 1 aromatic rings. The number of allylic oxidation sites excluding steroid dienone is 1. The van der Waals surface area contributed by atoms with Crippen LogP contribution in [0.15, 0.2) is 11.6 Å². The molecule has 0 saturated heterocycles. The molecule has 0 unspecified atom stereocenters. The van der Waals surface area contributed by atoms with E-state index < -0.39 is 0 Å². The van der Waals surface area contributed by atoms with Crippen molar-refractivity contribution in [2.45, 2.75) is 58.7 Å². The van der Waals surface area contributed by atoms with E-state index in [9.17, 15) is 0 Å². The van der Waals surface area contributed by atoms with E-state index in [1.54, 1.807) is 12.7 Å². The van der Waals surface area contributed by atoms with Crippen molar-refractivity contribution >= 4 is 0 Å². The lowest BCUT2D eigenvalue weighted by atomic mass is 9.80. The minimum Gasteiger partial charge on any atom is -0.377 e. The molecule has 0 bridgehead atoms. The summed E-state index contributed by atoms with van der Waals surface area (Å²) in [5.74, 6) is 3.39.